The molecule has 23 heavy (non-hydrogen) atoms. The molecule has 0 saturated carbocycles. The van der Waals surface area contributed by atoms with Crippen molar-refractivity contribution in [1.29, 1.82) is 0 Å². The van der Waals surface area contributed by atoms with Crippen molar-refractivity contribution in [3.63, 3.8) is 0 Å². The summed E-state index contributed by atoms with van der Waals surface area (Å²) in [4.78, 5) is 23.7. The molecule has 1 atom stereocenters. The number of benzene rings is 1. The van der Waals surface area contributed by atoms with Gasteiger partial charge >= 0.3 is 5.97 Å². The smallest absolute Gasteiger partial charge is 0.330 e. The van der Waals surface area contributed by atoms with Gasteiger partial charge in [0, 0.05) is 22.8 Å². The van der Waals surface area contributed by atoms with Crippen LogP contribution in [0, 0.1) is 13.8 Å². The first-order chi connectivity index (χ1) is 10.8. The summed E-state index contributed by atoms with van der Waals surface area (Å²) in [5.41, 5.74) is 3.02. The maximum absolute atomic E-state index is 12.3. The highest BCUT2D eigenvalue weighted by atomic mass is 79.9. The van der Waals surface area contributed by atoms with E-state index in [0.29, 0.717) is 5.56 Å². The van der Waals surface area contributed by atoms with Crippen LogP contribution in [-0.2, 0) is 23.1 Å². The van der Waals surface area contributed by atoms with E-state index in [1.807, 2.05) is 20.9 Å². The Morgan fingerprint density at radius 1 is 1.30 bits per heavy atom. The van der Waals surface area contributed by atoms with Crippen molar-refractivity contribution in [2.24, 2.45) is 7.05 Å². The van der Waals surface area contributed by atoms with Crippen molar-refractivity contribution in [3.8, 4) is 0 Å². The third-order valence-electron chi connectivity index (χ3n) is 3.75. The quantitative estimate of drug-likeness (QED) is 0.834. The molecule has 0 aliphatic carbocycles. The lowest BCUT2D eigenvalue weighted by Gasteiger charge is -2.15. The maximum Gasteiger partial charge on any atom is 0.330 e. The lowest BCUT2D eigenvalue weighted by atomic mass is 10.1. The Morgan fingerprint density at radius 2 is 1.91 bits per heavy atom. The van der Waals surface area contributed by atoms with Gasteiger partial charge in [0.15, 0.2) is 6.04 Å². The summed E-state index contributed by atoms with van der Waals surface area (Å²) in [7, 11) is 1.81. The van der Waals surface area contributed by atoms with E-state index in [1.165, 1.54) is 0 Å². The lowest BCUT2D eigenvalue weighted by Crippen LogP contribution is -2.34. The van der Waals surface area contributed by atoms with Crippen LogP contribution in [0.3, 0.4) is 0 Å². The van der Waals surface area contributed by atoms with Gasteiger partial charge in [0.2, 0.25) is 5.91 Å². The zero-order valence-corrected chi connectivity index (χ0v) is 14.7. The van der Waals surface area contributed by atoms with Crippen LogP contribution in [0.4, 0.5) is 0 Å². The third kappa shape index (κ3) is 3.98. The van der Waals surface area contributed by atoms with Crippen LogP contribution in [0.2, 0.25) is 0 Å². The molecule has 0 radical (unpaired) electrons. The molecular weight excluding hydrogens is 362 g/mol. The van der Waals surface area contributed by atoms with Crippen LogP contribution in [-0.4, -0.2) is 26.8 Å². The highest BCUT2D eigenvalue weighted by molar-refractivity contribution is 9.10. The van der Waals surface area contributed by atoms with E-state index in [1.54, 1.807) is 28.9 Å². The second-order valence-electron chi connectivity index (χ2n) is 5.34. The van der Waals surface area contributed by atoms with Crippen molar-refractivity contribution in [2.75, 3.05) is 0 Å². The molecule has 6 nitrogen and oxygen atoms in total. The maximum atomic E-state index is 12.3. The number of halogens is 1. The lowest BCUT2D eigenvalue weighted by molar-refractivity contribution is -0.141. The molecule has 1 aromatic heterocycles. The fourth-order valence-electron chi connectivity index (χ4n) is 2.39. The number of aryl methyl sites for hydroxylation is 2. The van der Waals surface area contributed by atoms with E-state index in [4.69, 9.17) is 0 Å². The van der Waals surface area contributed by atoms with Gasteiger partial charge in [0.1, 0.15) is 0 Å². The van der Waals surface area contributed by atoms with Crippen molar-refractivity contribution < 1.29 is 14.7 Å². The van der Waals surface area contributed by atoms with E-state index < -0.39 is 12.0 Å². The summed E-state index contributed by atoms with van der Waals surface area (Å²) in [5, 5.41) is 16.2. The minimum absolute atomic E-state index is 0.103. The van der Waals surface area contributed by atoms with Crippen LogP contribution < -0.4 is 5.32 Å². The minimum Gasteiger partial charge on any atom is -0.479 e. The fraction of sp³-hybridized carbons (Fsp3) is 0.312. The first-order valence-corrected chi connectivity index (χ1v) is 7.85. The molecule has 122 valence electrons. The zero-order valence-electron chi connectivity index (χ0n) is 13.1. The highest BCUT2D eigenvalue weighted by Crippen LogP contribution is 2.18. The summed E-state index contributed by atoms with van der Waals surface area (Å²) >= 11 is 3.30. The average molecular weight is 380 g/mol. The molecule has 1 heterocycles. The normalized spacial score (nSPS) is 12.0. The van der Waals surface area contributed by atoms with E-state index in [0.717, 1.165) is 21.4 Å². The van der Waals surface area contributed by atoms with E-state index in [-0.39, 0.29) is 12.3 Å². The molecule has 1 amide bonds. The molecule has 1 unspecified atom stereocenters. The van der Waals surface area contributed by atoms with E-state index in [9.17, 15) is 14.7 Å². The number of carbonyl (C=O) groups is 2. The second-order valence-corrected chi connectivity index (χ2v) is 6.26. The molecule has 0 fully saturated rings. The van der Waals surface area contributed by atoms with Gasteiger partial charge in [-0.05, 0) is 31.5 Å². The zero-order chi connectivity index (χ0) is 17.1. The summed E-state index contributed by atoms with van der Waals surface area (Å²) < 4.78 is 2.56. The third-order valence-corrected chi connectivity index (χ3v) is 4.28. The number of nitrogens with one attached hydrogen (secondary N) is 1. The SMILES string of the molecule is Cc1nn(C)c(C)c1CC(=O)NC(C(=O)O)c1ccc(Br)cc1. The van der Waals surface area contributed by atoms with Gasteiger partial charge in [-0.3, -0.25) is 9.48 Å². The Hall–Kier alpha value is -2.15. The average Bonchev–Trinajstić information content (AvgIpc) is 2.72. The van der Waals surface area contributed by atoms with E-state index in [2.05, 4.69) is 26.3 Å². The van der Waals surface area contributed by atoms with Crippen molar-refractivity contribution >= 4 is 27.8 Å². The number of aromatic nitrogens is 2. The summed E-state index contributed by atoms with van der Waals surface area (Å²) in [6, 6.07) is 5.75. The largest absolute Gasteiger partial charge is 0.479 e. The van der Waals surface area contributed by atoms with E-state index >= 15 is 0 Å². The van der Waals surface area contributed by atoms with Gasteiger partial charge in [0.25, 0.3) is 0 Å². The van der Waals surface area contributed by atoms with Crippen LogP contribution in [0.15, 0.2) is 28.7 Å². The molecule has 0 spiro atoms. The molecule has 2 aromatic rings. The predicted molar refractivity (Wildman–Crippen MR) is 89.0 cm³/mol. The number of aliphatic carboxylic acids is 1. The van der Waals surface area contributed by atoms with Gasteiger partial charge in [0.05, 0.1) is 12.1 Å². The number of carbonyl (C=O) groups excluding carboxylic acids is 1. The van der Waals surface area contributed by atoms with Crippen LogP contribution in [0.5, 0.6) is 0 Å². The number of carboxylic acids is 1. The van der Waals surface area contributed by atoms with Crippen LogP contribution in [0.25, 0.3) is 0 Å². The molecule has 0 aliphatic heterocycles. The van der Waals surface area contributed by atoms with Crippen molar-refractivity contribution in [3.05, 3.63) is 51.3 Å². The number of hydrogen-bond donors (Lipinski definition) is 2. The van der Waals surface area contributed by atoms with Crippen molar-refractivity contribution in [2.45, 2.75) is 26.3 Å². The molecule has 7 heteroatoms. The number of hydrogen-bond acceptors (Lipinski definition) is 3. The summed E-state index contributed by atoms with van der Waals surface area (Å²) in [5.74, 6) is -1.44. The second kappa shape index (κ2) is 6.95. The van der Waals surface area contributed by atoms with Gasteiger partial charge in [-0.25, -0.2) is 4.79 Å². The summed E-state index contributed by atoms with van der Waals surface area (Å²) in [6.45, 7) is 3.71. The van der Waals surface area contributed by atoms with Gasteiger partial charge in [-0.1, -0.05) is 28.1 Å². The fourth-order valence-corrected chi connectivity index (χ4v) is 2.65. The Balaban J connectivity index is 2.15. The first kappa shape index (κ1) is 17.2. The Kier molecular flexibility index (Phi) is 5.20. The molecule has 0 saturated heterocycles. The number of amides is 1. The molecular formula is C16H18BrN3O3. The van der Waals surface area contributed by atoms with Crippen LogP contribution in [0.1, 0.15) is 28.6 Å². The molecule has 0 aliphatic rings. The monoisotopic (exact) mass is 379 g/mol. The standard InChI is InChI=1S/C16H18BrN3O3/c1-9-13(10(2)20(3)19-9)8-14(21)18-15(16(22)23)11-4-6-12(17)7-5-11/h4-7,15H,8H2,1-3H3,(H,18,21)(H,22,23). The van der Waals surface area contributed by atoms with Gasteiger partial charge in [-0.15, -0.1) is 0 Å². The number of rotatable bonds is 5. The molecule has 0 bridgehead atoms. The van der Waals surface area contributed by atoms with Gasteiger partial charge < -0.3 is 10.4 Å². The molecule has 1 aromatic carbocycles. The predicted octanol–water partition coefficient (Wildman–Crippen LogP) is 2.28. The van der Waals surface area contributed by atoms with Crippen LogP contribution >= 0.6 is 15.9 Å². The minimum atomic E-state index is -1.10. The Morgan fingerprint density at radius 3 is 2.39 bits per heavy atom. The van der Waals surface area contributed by atoms with Gasteiger partial charge in [-0.2, -0.15) is 5.10 Å². The Labute approximate surface area is 142 Å². The highest BCUT2D eigenvalue weighted by Gasteiger charge is 2.23. The number of carboxylic acid groups (broad SMARTS) is 1. The molecule has 2 rings (SSSR count). The Bertz CT molecular complexity index is 738. The van der Waals surface area contributed by atoms with Crippen molar-refractivity contribution in [1.82, 2.24) is 15.1 Å². The molecule has 2 N–H and O–H groups in total. The number of nitrogens with zero attached hydrogens (tertiary/aromatic N) is 2. The summed E-state index contributed by atoms with van der Waals surface area (Å²) in [6.07, 6.45) is 0.103. The topological polar surface area (TPSA) is 84.2 Å². The first-order valence-electron chi connectivity index (χ1n) is 7.06.